The van der Waals surface area contributed by atoms with E-state index in [2.05, 4.69) is 15.5 Å². The van der Waals surface area contributed by atoms with Crippen molar-refractivity contribution in [2.75, 3.05) is 20.2 Å². The van der Waals surface area contributed by atoms with Gasteiger partial charge in [0.15, 0.2) is 0 Å². The van der Waals surface area contributed by atoms with Crippen LogP contribution >= 0.6 is 0 Å². The van der Waals surface area contributed by atoms with Crippen molar-refractivity contribution >= 4 is 12.0 Å². The molecule has 1 N–H and O–H groups in total. The molecule has 1 aromatic heterocycles. The number of amides is 2. The van der Waals surface area contributed by atoms with Gasteiger partial charge < -0.3 is 24.4 Å². The van der Waals surface area contributed by atoms with Gasteiger partial charge in [0.25, 0.3) is 0 Å². The minimum Gasteiger partial charge on any atom is -0.480 e. The molecule has 0 aliphatic carbocycles. The summed E-state index contributed by atoms with van der Waals surface area (Å²) in [6, 6.07) is 2.77. The van der Waals surface area contributed by atoms with Crippen molar-refractivity contribution in [2.24, 2.45) is 5.92 Å². The number of methoxy groups -OCH3 is 1. The molecule has 1 aliphatic heterocycles. The number of aromatic nitrogens is 2. The van der Waals surface area contributed by atoms with E-state index in [1.165, 1.54) is 7.11 Å². The van der Waals surface area contributed by atoms with Crippen LogP contribution in [0.25, 0.3) is 0 Å². The quantitative estimate of drug-likeness (QED) is 0.771. The first-order valence-electron chi connectivity index (χ1n) is 9.91. The molecule has 9 nitrogen and oxygen atoms in total. The van der Waals surface area contributed by atoms with Crippen LogP contribution in [0.5, 0.6) is 11.8 Å². The lowest BCUT2D eigenvalue weighted by molar-refractivity contribution is -0.136. The third-order valence-corrected chi connectivity index (χ3v) is 4.47. The molecule has 1 atom stereocenters. The lowest BCUT2D eigenvalue weighted by Crippen LogP contribution is -2.54. The maximum Gasteiger partial charge on any atom is 0.408 e. The third kappa shape index (κ3) is 7.07. The van der Waals surface area contributed by atoms with Gasteiger partial charge in [0, 0.05) is 38.1 Å². The molecule has 1 aromatic rings. The van der Waals surface area contributed by atoms with E-state index in [9.17, 15) is 9.59 Å². The Hall–Kier alpha value is -2.58. The van der Waals surface area contributed by atoms with Crippen LogP contribution in [-0.4, -0.2) is 65.0 Å². The highest BCUT2D eigenvalue weighted by Gasteiger charge is 2.33. The summed E-state index contributed by atoms with van der Waals surface area (Å²) in [5.74, 6) is 0.698. The van der Waals surface area contributed by atoms with Crippen LogP contribution in [0.15, 0.2) is 12.1 Å². The second kappa shape index (κ2) is 9.76. The van der Waals surface area contributed by atoms with Crippen LogP contribution in [0.4, 0.5) is 4.79 Å². The second-order valence-corrected chi connectivity index (χ2v) is 8.42. The predicted molar refractivity (Wildman–Crippen MR) is 107 cm³/mol. The highest BCUT2D eigenvalue weighted by atomic mass is 16.6. The summed E-state index contributed by atoms with van der Waals surface area (Å²) in [5.41, 5.74) is -0.616. The van der Waals surface area contributed by atoms with Gasteiger partial charge >= 0.3 is 6.09 Å². The Morgan fingerprint density at radius 2 is 1.72 bits per heavy atom. The molecule has 0 aromatic carbocycles. The van der Waals surface area contributed by atoms with Gasteiger partial charge in [-0.2, -0.15) is 0 Å². The van der Waals surface area contributed by atoms with Gasteiger partial charge in [-0.1, -0.05) is 13.8 Å². The number of likely N-dealkylation sites (tertiary alicyclic amines) is 1. The summed E-state index contributed by atoms with van der Waals surface area (Å²) in [4.78, 5) is 26.8. The summed E-state index contributed by atoms with van der Waals surface area (Å²) >= 11 is 0. The van der Waals surface area contributed by atoms with Crippen molar-refractivity contribution in [3.05, 3.63) is 12.1 Å². The van der Waals surface area contributed by atoms with E-state index >= 15 is 0 Å². The molecular weight excluding hydrogens is 376 g/mol. The van der Waals surface area contributed by atoms with Gasteiger partial charge in [-0.25, -0.2) is 4.79 Å². The third-order valence-electron chi connectivity index (χ3n) is 4.47. The van der Waals surface area contributed by atoms with Crippen LogP contribution in [0.3, 0.4) is 0 Å². The first-order valence-corrected chi connectivity index (χ1v) is 9.91. The summed E-state index contributed by atoms with van der Waals surface area (Å²) in [6.45, 7) is 10.3. The Balaban J connectivity index is 1.88. The van der Waals surface area contributed by atoms with Crippen molar-refractivity contribution in [3.8, 4) is 11.8 Å². The van der Waals surface area contributed by atoms with Crippen LogP contribution in [0.1, 0.15) is 47.5 Å². The van der Waals surface area contributed by atoms with E-state index < -0.39 is 17.7 Å². The molecule has 29 heavy (non-hydrogen) atoms. The first-order chi connectivity index (χ1) is 13.6. The zero-order valence-electron chi connectivity index (χ0n) is 18.1. The van der Waals surface area contributed by atoms with E-state index in [4.69, 9.17) is 14.2 Å². The average Bonchev–Trinajstić information content (AvgIpc) is 2.65. The summed E-state index contributed by atoms with van der Waals surface area (Å²) < 4.78 is 16.1. The first kappa shape index (κ1) is 22.7. The number of alkyl carbamates (subject to hydrolysis) is 1. The summed E-state index contributed by atoms with van der Waals surface area (Å²) in [6.07, 6.45) is 0.729. The van der Waals surface area contributed by atoms with Gasteiger partial charge in [0.2, 0.25) is 17.7 Å². The molecule has 1 fully saturated rings. The Labute approximate surface area is 172 Å². The number of nitrogens with zero attached hydrogens (tertiary/aromatic N) is 3. The number of rotatable bonds is 6. The maximum atomic E-state index is 13.0. The molecule has 0 unspecified atom stereocenters. The number of nitrogens with one attached hydrogen (secondary N) is 1. The van der Waals surface area contributed by atoms with Gasteiger partial charge in [-0.05, 0) is 26.7 Å². The van der Waals surface area contributed by atoms with E-state index in [-0.39, 0.29) is 17.9 Å². The van der Waals surface area contributed by atoms with Crippen molar-refractivity contribution in [1.29, 1.82) is 0 Å². The van der Waals surface area contributed by atoms with E-state index in [1.54, 1.807) is 37.8 Å². The SMILES string of the molecule is COc1ccc(OC2CCN(C(=O)[C@@H](NC(=O)OC(C)(C)C)C(C)C)CC2)nn1. The molecule has 2 heterocycles. The molecular formula is C20H32N4O5. The molecule has 0 spiro atoms. The highest BCUT2D eigenvalue weighted by Crippen LogP contribution is 2.20. The molecule has 0 saturated carbocycles. The minimum absolute atomic E-state index is 0.0435. The van der Waals surface area contributed by atoms with Crippen LogP contribution in [0, 0.1) is 5.92 Å². The van der Waals surface area contributed by atoms with Gasteiger partial charge in [-0.3, -0.25) is 4.79 Å². The number of hydrogen-bond acceptors (Lipinski definition) is 7. The Kier molecular flexibility index (Phi) is 7.64. The standard InChI is InChI=1S/C20H32N4O5/c1-13(2)17(21-19(26)29-20(3,4)5)18(25)24-11-9-14(10-12-24)28-16-8-7-15(27-6)22-23-16/h7-8,13-14,17H,9-12H2,1-6H3,(H,21,26)/t17-/m0/s1. The van der Waals surface area contributed by atoms with Crippen molar-refractivity contribution in [1.82, 2.24) is 20.4 Å². The fraction of sp³-hybridized carbons (Fsp3) is 0.700. The number of piperidine rings is 1. The monoisotopic (exact) mass is 408 g/mol. The summed E-state index contributed by atoms with van der Waals surface area (Å²) in [5, 5.41) is 10.6. The van der Waals surface area contributed by atoms with Crippen molar-refractivity contribution < 1.29 is 23.8 Å². The Morgan fingerprint density at radius 3 is 2.21 bits per heavy atom. The van der Waals surface area contributed by atoms with Crippen molar-refractivity contribution in [3.63, 3.8) is 0 Å². The van der Waals surface area contributed by atoms with Gasteiger partial charge in [0.05, 0.1) is 7.11 Å². The predicted octanol–water partition coefficient (Wildman–Crippen LogP) is 2.40. The molecule has 1 aliphatic rings. The van der Waals surface area contributed by atoms with Crippen LogP contribution < -0.4 is 14.8 Å². The second-order valence-electron chi connectivity index (χ2n) is 8.42. The molecule has 0 radical (unpaired) electrons. The largest absolute Gasteiger partial charge is 0.480 e. The fourth-order valence-electron chi connectivity index (χ4n) is 2.99. The fourth-order valence-corrected chi connectivity index (χ4v) is 2.99. The zero-order valence-corrected chi connectivity index (χ0v) is 18.1. The van der Waals surface area contributed by atoms with E-state index in [0.29, 0.717) is 37.7 Å². The normalized spacial score (nSPS) is 16.3. The van der Waals surface area contributed by atoms with Crippen molar-refractivity contribution in [2.45, 2.75) is 65.2 Å². The molecule has 1 saturated heterocycles. The number of hydrogen-bond donors (Lipinski definition) is 1. The molecule has 2 amide bonds. The number of carbonyl (C=O) groups excluding carboxylic acids is 2. The molecule has 2 rings (SSSR count). The number of ether oxygens (including phenoxy) is 3. The minimum atomic E-state index is -0.630. The number of carbonyl (C=O) groups is 2. The topological polar surface area (TPSA) is 103 Å². The van der Waals surface area contributed by atoms with Gasteiger partial charge in [-0.15, -0.1) is 10.2 Å². The zero-order chi connectivity index (χ0) is 21.6. The Morgan fingerprint density at radius 1 is 1.14 bits per heavy atom. The smallest absolute Gasteiger partial charge is 0.408 e. The average molecular weight is 408 g/mol. The lowest BCUT2D eigenvalue weighted by atomic mass is 10.0. The Bertz CT molecular complexity index is 679. The highest BCUT2D eigenvalue weighted by molar-refractivity contribution is 5.86. The molecule has 9 heteroatoms. The molecule has 0 bridgehead atoms. The van der Waals surface area contributed by atoms with Crippen LogP contribution in [0.2, 0.25) is 0 Å². The van der Waals surface area contributed by atoms with Gasteiger partial charge in [0.1, 0.15) is 17.7 Å². The van der Waals surface area contributed by atoms with Crippen LogP contribution in [-0.2, 0) is 9.53 Å². The molecule has 162 valence electrons. The van der Waals surface area contributed by atoms with E-state index in [0.717, 1.165) is 0 Å². The maximum absolute atomic E-state index is 13.0. The summed E-state index contributed by atoms with van der Waals surface area (Å²) in [7, 11) is 1.53. The lowest BCUT2D eigenvalue weighted by Gasteiger charge is -2.35. The van der Waals surface area contributed by atoms with E-state index in [1.807, 2.05) is 13.8 Å².